The van der Waals surface area contributed by atoms with Gasteiger partial charge in [-0.1, -0.05) is 5.57 Å². The normalized spacial score (nSPS) is 12.1. The Morgan fingerprint density at radius 3 is 2.92 bits per heavy atom. The maximum Gasteiger partial charge on any atom is 0.169 e. The van der Waals surface area contributed by atoms with Crippen LogP contribution in [-0.2, 0) is 0 Å². The zero-order chi connectivity index (χ0) is 8.97. The van der Waals surface area contributed by atoms with E-state index in [0.717, 1.165) is 17.0 Å². The lowest BCUT2D eigenvalue weighted by Crippen LogP contribution is -2.08. The third kappa shape index (κ3) is 2.83. The molecule has 0 aliphatic carbocycles. The molecule has 0 amide bonds. The highest BCUT2D eigenvalue weighted by Gasteiger charge is 1.95. The maximum absolute atomic E-state index is 5.31. The molecule has 0 radical (unpaired) electrons. The van der Waals surface area contributed by atoms with E-state index in [9.17, 15) is 0 Å². The molecule has 0 saturated heterocycles. The molecule has 0 aliphatic rings. The van der Waals surface area contributed by atoms with Gasteiger partial charge >= 0.3 is 0 Å². The van der Waals surface area contributed by atoms with Crippen LogP contribution in [-0.4, -0.2) is 13.6 Å². The molecule has 0 aromatic carbocycles. The molecule has 0 atom stereocenters. The van der Waals surface area contributed by atoms with Crippen molar-refractivity contribution < 1.29 is 4.42 Å². The van der Waals surface area contributed by atoms with Crippen molar-refractivity contribution in [2.45, 2.75) is 6.92 Å². The van der Waals surface area contributed by atoms with E-state index < -0.39 is 0 Å². The Morgan fingerprint density at radius 2 is 2.42 bits per heavy atom. The van der Waals surface area contributed by atoms with Crippen LogP contribution in [0.5, 0.6) is 0 Å². The molecule has 3 heteroatoms. The molecule has 1 heterocycles. The first-order chi connectivity index (χ1) is 5.72. The number of halogens is 1. The smallest absolute Gasteiger partial charge is 0.169 e. The van der Waals surface area contributed by atoms with E-state index in [0.29, 0.717) is 0 Å². The summed E-state index contributed by atoms with van der Waals surface area (Å²) in [6.45, 7) is 2.95. The largest absolute Gasteiger partial charge is 0.450 e. The third-order valence-corrected chi connectivity index (χ3v) is 1.86. The molecule has 0 spiro atoms. The second-order valence-electron chi connectivity index (χ2n) is 2.66. The molecular weight excluding hydrogens is 218 g/mol. The molecule has 1 rings (SSSR count). The lowest BCUT2D eigenvalue weighted by molar-refractivity contribution is 0.531. The zero-order valence-electron chi connectivity index (χ0n) is 7.23. The fraction of sp³-hybridized carbons (Fsp3) is 0.333. The molecule has 66 valence electrons. The molecule has 0 saturated carbocycles. The topological polar surface area (TPSA) is 25.2 Å². The summed E-state index contributed by atoms with van der Waals surface area (Å²) in [6, 6.07) is 3.82. The molecule has 1 aromatic rings. The van der Waals surface area contributed by atoms with Gasteiger partial charge in [0, 0.05) is 6.54 Å². The fourth-order valence-corrected chi connectivity index (χ4v) is 1.30. The minimum atomic E-state index is 0.769. The van der Waals surface area contributed by atoms with E-state index in [4.69, 9.17) is 4.42 Å². The Hall–Kier alpha value is -0.540. The Labute approximate surface area is 80.8 Å². The minimum absolute atomic E-state index is 0.769. The summed E-state index contributed by atoms with van der Waals surface area (Å²) in [7, 11) is 1.93. The predicted molar refractivity (Wildman–Crippen MR) is 54.0 cm³/mol. The number of hydrogen-bond donors (Lipinski definition) is 1. The van der Waals surface area contributed by atoms with E-state index in [1.54, 1.807) is 0 Å². The van der Waals surface area contributed by atoms with Gasteiger partial charge in [0.25, 0.3) is 0 Å². The lowest BCUT2D eigenvalue weighted by atomic mass is 10.2. The highest BCUT2D eigenvalue weighted by atomic mass is 79.9. The van der Waals surface area contributed by atoms with E-state index in [1.807, 2.05) is 25.3 Å². The van der Waals surface area contributed by atoms with E-state index >= 15 is 0 Å². The number of hydrogen-bond acceptors (Lipinski definition) is 2. The highest BCUT2D eigenvalue weighted by Crippen LogP contribution is 2.16. The monoisotopic (exact) mass is 229 g/mol. The van der Waals surface area contributed by atoms with Gasteiger partial charge in [0.15, 0.2) is 4.67 Å². The quantitative estimate of drug-likeness (QED) is 0.863. The van der Waals surface area contributed by atoms with Crippen LogP contribution in [0.25, 0.3) is 6.08 Å². The van der Waals surface area contributed by atoms with Gasteiger partial charge in [0.2, 0.25) is 0 Å². The summed E-state index contributed by atoms with van der Waals surface area (Å²) in [4.78, 5) is 0. The first-order valence-electron chi connectivity index (χ1n) is 3.79. The molecule has 12 heavy (non-hydrogen) atoms. The van der Waals surface area contributed by atoms with Crippen molar-refractivity contribution in [1.82, 2.24) is 5.32 Å². The van der Waals surface area contributed by atoms with Crippen LogP contribution in [0.15, 0.2) is 26.8 Å². The standard InChI is InChI=1S/C9H12BrNO/c1-7(6-11-2)5-8-3-4-9(10)12-8/h3-5,11H,6H2,1-2H3/b7-5+. The van der Waals surface area contributed by atoms with Crippen molar-refractivity contribution in [2.24, 2.45) is 0 Å². The van der Waals surface area contributed by atoms with Gasteiger partial charge in [-0.3, -0.25) is 0 Å². The van der Waals surface area contributed by atoms with Gasteiger partial charge in [-0.05, 0) is 48.1 Å². The van der Waals surface area contributed by atoms with Crippen LogP contribution < -0.4 is 5.32 Å². The number of rotatable bonds is 3. The third-order valence-electron chi connectivity index (χ3n) is 1.44. The number of likely N-dealkylation sites (N-methyl/N-ethyl adjacent to an activating group) is 1. The molecule has 0 fully saturated rings. The summed E-state index contributed by atoms with van der Waals surface area (Å²) in [5.74, 6) is 0.884. The minimum Gasteiger partial charge on any atom is -0.450 e. The molecule has 0 aliphatic heterocycles. The van der Waals surface area contributed by atoms with Crippen LogP contribution in [0.2, 0.25) is 0 Å². The molecule has 2 nitrogen and oxygen atoms in total. The van der Waals surface area contributed by atoms with Gasteiger partial charge < -0.3 is 9.73 Å². The SMILES string of the molecule is CNC/C(C)=C/c1ccc(Br)o1. The van der Waals surface area contributed by atoms with Gasteiger partial charge in [-0.15, -0.1) is 0 Å². The maximum atomic E-state index is 5.31. The van der Waals surface area contributed by atoms with Crippen molar-refractivity contribution >= 4 is 22.0 Å². The van der Waals surface area contributed by atoms with Crippen molar-refractivity contribution in [1.29, 1.82) is 0 Å². The van der Waals surface area contributed by atoms with Crippen molar-refractivity contribution in [2.75, 3.05) is 13.6 Å². The molecule has 1 N–H and O–H groups in total. The fourth-order valence-electron chi connectivity index (χ4n) is 0.979. The number of furan rings is 1. The summed E-state index contributed by atoms with van der Waals surface area (Å²) in [6.07, 6.45) is 2.02. The van der Waals surface area contributed by atoms with Gasteiger partial charge in [-0.2, -0.15) is 0 Å². The van der Waals surface area contributed by atoms with E-state index in [1.165, 1.54) is 5.57 Å². The summed E-state index contributed by atoms with van der Waals surface area (Å²) in [5.41, 5.74) is 1.25. The first kappa shape index (κ1) is 9.55. The Bertz CT molecular complexity index is 278. The van der Waals surface area contributed by atoms with Gasteiger partial charge in [0.05, 0.1) is 0 Å². The van der Waals surface area contributed by atoms with Crippen molar-refractivity contribution in [3.63, 3.8) is 0 Å². The average molecular weight is 230 g/mol. The summed E-state index contributed by atoms with van der Waals surface area (Å²) >= 11 is 3.25. The van der Waals surface area contributed by atoms with Crippen molar-refractivity contribution in [3.8, 4) is 0 Å². The average Bonchev–Trinajstić information content (AvgIpc) is 2.36. The Balaban J connectivity index is 2.67. The van der Waals surface area contributed by atoms with Gasteiger partial charge in [0.1, 0.15) is 5.76 Å². The Kier molecular flexibility index (Phi) is 3.56. The first-order valence-corrected chi connectivity index (χ1v) is 4.59. The summed E-state index contributed by atoms with van der Waals surface area (Å²) in [5, 5.41) is 3.07. The molecule has 1 aromatic heterocycles. The lowest BCUT2D eigenvalue weighted by Gasteiger charge is -1.96. The number of nitrogens with one attached hydrogen (secondary N) is 1. The van der Waals surface area contributed by atoms with Crippen LogP contribution in [0.1, 0.15) is 12.7 Å². The van der Waals surface area contributed by atoms with Gasteiger partial charge in [-0.25, -0.2) is 0 Å². The predicted octanol–water partition coefficient (Wildman–Crippen LogP) is 2.66. The zero-order valence-corrected chi connectivity index (χ0v) is 8.81. The second kappa shape index (κ2) is 4.48. The Morgan fingerprint density at radius 1 is 1.67 bits per heavy atom. The van der Waals surface area contributed by atoms with E-state index in [-0.39, 0.29) is 0 Å². The molecule has 0 unspecified atom stereocenters. The molecule has 0 bridgehead atoms. The van der Waals surface area contributed by atoms with Crippen LogP contribution in [0, 0.1) is 0 Å². The second-order valence-corrected chi connectivity index (χ2v) is 3.44. The van der Waals surface area contributed by atoms with Crippen molar-refractivity contribution in [3.05, 3.63) is 28.1 Å². The highest BCUT2D eigenvalue weighted by molar-refractivity contribution is 9.10. The van der Waals surface area contributed by atoms with Crippen LogP contribution >= 0.6 is 15.9 Å². The molecular formula is C9H12BrNO. The van der Waals surface area contributed by atoms with Crippen LogP contribution in [0.4, 0.5) is 0 Å². The van der Waals surface area contributed by atoms with E-state index in [2.05, 4.69) is 28.2 Å². The van der Waals surface area contributed by atoms with Crippen LogP contribution in [0.3, 0.4) is 0 Å². The summed E-state index contributed by atoms with van der Waals surface area (Å²) < 4.78 is 6.08.